The quantitative estimate of drug-likeness (QED) is 0.252. The van der Waals surface area contributed by atoms with Crippen LogP contribution in [-0.2, 0) is 6.42 Å². The maximum absolute atomic E-state index is 2.32. The number of aryl methyl sites for hydroxylation is 1. The number of hydrogen-bond acceptors (Lipinski definition) is 0. The minimum absolute atomic E-state index is 0.318. The maximum atomic E-state index is 2.32. The summed E-state index contributed by atoms with van der Waals surface area (Å²) in [6.07, 6.45) is 14.3. The monoisotopic (exact) mass is 386 g/mol. The van der Waals surface area contributed by atoms with Gasteiger partial charge in [0.25, 0.3) is 0 Å². The van der Waals surface area contributed by atoms with Gasteiger partial charge in [-0.3, -0.25) is 0 Å². The SMILES string of the molecule is CCCCCCCCCC[AsH]CCCc1cccc2ccccc12. The standard InChI is InChI=1S/C23H35As/c1-2-3-4-5-6-7-8-11-19-24-20-13-17-22-16-12-15-21-14-9-10-18-23(21)22/h9-10,12,14-16,18,24H,2-8,11,13,17,19-20H2,1H3. The van der Waals surface area contributed by atoms with Crippen molar-refractivity contribution in [3.8, 4) is 0 Å². The van der Waals surface area contributed by atoms with Crippen LogP contribution in [0.4, 0.5) is 0 Å². The molecule has 0 nitrogen and oxygen atoms in total. The van der Waals surface area contributed by atoms with E-state index in [9.17, 15) is 0 Å². The van der Waals surface area contributed by atoms with Crippen LogP contribution < -0.4 is 0 Å². The molecule has 0 aliphatic heterocycles. The summed E-state index contributed by atoms with van der Waals surface area (Å²) in [4.78, 5) is 0. The van der Waals surface area contributed by atoms with Crippen LogP contribution in [0.2, 0.25) is 10.4 Å². The normalized spacial score (nSPS) is 11.7. The minimum atomic E-state index is 0.318. The zero-order valence-corrected chi connectivity index (χ0v) is 17.6. The molecular formula is C23H35As. The molecule has 0 N–H and O–H groups in total. The predicted octanol–water partition coefficient (Wildman–Crippen LogP) is 7.19. The molecule has 0 fully saturated rings. The molecule has 0 saturated heterocycles. The van der Waals surface area contributed by atoms with E-state index < -0.39 is 0 Å². The summed E-state index contributed by atoms with van der Waals surface area (Å²) in [6.45, 7) is 2.30. The Hall–Kier alpha value is -0.742. The van der Waals surface area contributed by atoms with Crippen molar-refractivity contribution in [1.82, 2.24) is 0 Å². The van der Waals surface area contributed by atoms with Crippen LogP contribution in [0.3, 0.4) is 0 Å². The van der Waals surface area contributed by atoms with E-state index in [0.717, 1.165) is 0 Å². The summed E-state index contributed by atoms with van der Waals surface area (Å²) < 4.78 is 0. The first-order valence-electron chi connectivity index (χ1n) is 10.1. The van der Waals surface area contributed by atoms with Crippen LogP contribution in [0.5, 0.6) is 0 Å². The molecule has 1 heteroatoms. The van der Waals surface area contributed by atoms with Crippen molar-refractivity contribution in [2.45, 2.75) is 81.5 Å². The zero-order valence-electron chi connectivity index (χ0n) is 15.5. The number of fused-ring (bicyclic) bond motifs is 1. The predicted molar refractivity (Wildman–Crippen MR) is 112 cm³/mol. The molecule has 2 aromatic carbocycles. The van der Waals surface area contributed by atoms with Gasteiger partial charge < -0.3 is 0 Å². The Bertz CT molecular complexity index is 555. The Kier molecular flexibility index (Phi) is 10.3. The molecule has 0 amide bonds. The average Bonchev–Trinajstić information content (AvgIpc) is 2.63. The first-order valence-corrected chi connectivity index (χ1v) is 13.1. The van der Waals surface area contributed by atoms with E-state index in [1.165, 1.54) is 80.2 Å². The van der Waals surface area contributed by atoms with Crippen molar-refractivity contribution in [3.05, 3.63) is 48.0 Å². The van der Waals surface area contributed by atoms with Crippen molar-refractivity contribution < 1.29 is 0 Å². The molecule has 24 heavy (non-hydrogen) atoms. The van der Waals surface area contributed by atoms with Crippen LogP contribution in [0.1, 0.15) is 70.3 Å². The van der Waals surface area contributed by atoms with Gasteiger partial charge in [-0.25, -0.2) is 0 Å². The Morgan fingerprint density at radius 2 is 1.33 bits per heavy atom. The molecule has 1 unspecified atom stereocenters. The van der Waals surface area contributed by atoms with Gasteiger partial charge in [-0.05, 0) is 0 Å². The Morgan fingerprint density at radius 3 is 2.17 bits per heavy atom. The molecule has 0 heterocycles. The molecule has 1 atom stereocenters. The molecule has 0 aromatic heterocycles. The molecule has 0 aliphatic rings. The topological polar surface area (TPSA) is 0 Å². The summed E-state index contributed by atoms with van der Waals surface area (Å²) in [6, 6.07) is 15.6. The second-order valence-corrected chi connectivity index (χ2v) is 10.1. The fourth-order valence-corrected chi connectivity index (χ4v) is 5.89. The second-order valence-electron chi connectivity index (χ2n) is 6.97. The number of rotatable bonds is 13. The van der Waals surface area contributed by atoms with E-state index >= 15 is 0 Å². The molecule has 0 radical (unpaired) electrons. The van der Waals surface area contributed by atoms with E-state index in [1.54, 1.807) is 10.8 Å². The van der Waals surface area contributed by atoms with Crippen molar-refractivity contribution in [2.24, 2.45) is 0 Å². The fourth-order valence-electron chi connectivity index (χ4n) is 3.42. The van der Waals surface area contributed by atoms with E-state index in [4.69, 9.17) is 0 Å². The van der Waals surface area contributed by atoms with Crippen molar-refractivity contribution in [2.75, 3.05) is 0 Å². The summed E-state index contributed by atoms with van der Waals surface area (Å²) in [5, 5.41) is 5.93. The third kappa shape index (κ3) is 7.43. The molecular weight excluding hydrogens is 351 g/mol. The summed E-state index contributed by atoms with van der Waals surface area (Å²) in [5.74, 6) is 0. The fraction of sp³-hybridized carbons (Fsp3) is 0.565. The molecule has 132 valence electrons. The Balaban J connectivity index is 1.49. The van der Waals surface area contributed by atoms with Crippen molar-refractivity contribution >= 4 is 26.5 Å². The third-order valence-corrected chi connectivity index (χ3v) is 7.85. The molecule has 0 spiro atoms. The van der Waals surface area contributed by atoms with E-state index in [2.05, 4.69) is 49.4 Å². The Labute approximate surface area is 156 Å². The summed E-state index contributed by atoms with van der Waals surface area (Å²) >= 11 is 0.318. The molecule has 2 rings (SSSR count). The van der Waals surface area contributed by atoms with Crippen molar-refractivity contribution in [3.63, 3.8) is 0 Å². The third-order valence-electron chi connectivity index (χ3n) is 4.89. The first-order chi connectivity index (χ1) is 11.9. The average molecular weight is 386 g/mol. The summed E-state index contributed by atoms with van der Waals surface area (Å²) in [7, 11) is 0. The van der Waals surface area contributed by atoms with Gasteiger partial charge in [-0.15, -0.1) is 0 Å². The molecule has 0 saturated carbocycles. The van der Waals surface area contributed by atoms with Gasteiger partial charge in [-0.2, -0.15) is 0 Å². The van der Waals surface area contributed by atoms with Crippen LogP contribution in [0.25, 0.3) is 10.8 Å². The zero-order chi connectivity index (χ0) is 16.9. The molecule has 2 aromatic rings. The summed E-state index contributed by atoms with van der Waals surface area (Å²) in [5.41, 5.74) is 1.55. The van der Waals surface area contributed by atoms with Gasteiger partial charge in [0.1, 0.15) is 0 Å². The van der Waals surface area contributed by atoms with Gasteiger partial charge in [0.2, 0.25) is 0 Å². The van der Waals surface area contributed by atoms with Gasteiger partial charge in [0.15, 0.2) is 0 Å². The van der Waals surface area contributed by atoms with Gasteiger partial charge >= 0.3 is 156 Å². The van der Waals surface area contributed by atoms with Crippen LogP contribution >= 0.6 is 0 Å². The molecule has 0 bridgehead atoms. The number of unbranched alkanes of at least 4 members (excludes halogenated alkanes) is 7. The van der Waals surface area contributed by atoms with E-state index in [1.807, 2.05) is 0 Å². The Morgan fingerprint density at radius 1 is 0.667 bits per heavy atom. The van der Waals surface area contributed by atoms with E-state index in [-0.39, 0.29) is 0 Å². The molecule has 0 aliphatic carbocycles. The van der Waals surface area contributed by atoms with Gasteiger partial charge in [0.05, 0.1) is 0 Å². The van der Waals surface area contributed by atoms with Gasteiger partial charge in [0, 0.05) is 0 Å². The van der Waals surface area contributed by atoms with Crippen LogP contribution in [0.15, 0.2) is 42.5 Å². The second kappa shape index (κ2) is 12.6. The van der Waals surface area contributed by atoms with Crippen LogP contribution in [-0.4, -0.2) is 15.8 Å². The number of hydrogen-bond donors (Lipinski definition) is 0. The number of benzene rings is 2. The van der Waals surface area contributed by atoms with E-state index in [0.29, 0.717) is 15.8 Å². The first kappa shape index (κ1) is 19.6. The van der Waals surface area contributed by atoms with Crippen molar-refractivity contribution in [1.29, 1.82) is 0 Å². The van der Waals surface area contributed by atoms with Crippen LogP contribution in [0, 0.1) is 0 Å². The van der Waals surface area contributed by atoms with Gasteiger partial charge in [-0.1, -0.05) is 0 Å².